The number of anilines is 1. The highest BCUT2D eigenvalue weighted by Crippen LogP contribution is 2.25. The molecule has 1 atom stereocenters. The maximum absolute atomic E-state index is 9.21. The number of halogens is 1. The van der Waals surface area contributed by atoms with Gasteiger partial charge in [0.1, 0.15) is 6.23 Å². The molecule has 62 valence electrons. The Morgan fingerprint density at radius 2 is 2.25 bits per heavy atom. The highest BCUT2D eigenvalue weighted by atomic mass is 35.5. The predicted molar refractivity (Wildman–Crippen MR) is 50.1 cm³/mol. The van der Waals surface area contributed by atoms with Crippen LogP contribution in [-0.4, -0.2) is 11.3 Å². The zero-order valence-electron chi connectivity index (χ0n) is 6.29. The maximum atomic E-state index is 9.21. The lowest BCUT2D eigenvalue weighted by Crippen LogP contribution is -2.18. The number of hydrogen-bond acceptors (Lipinski definition) is 2. The first kappa shape index (κ1) is 7.65. The Kier molecular flexibility index (Phi) is 1.79. The molecule has 2 rings (SSSR count). The van der Waals surface area contributed by atoms with Crippen molar-refractivity contribution >= 4 is 23.4 Å². The Balaban J connectivity index is 2.47. The van der Waals surface area contributed by atoms with Gasteiger partial charge >= 0.3 is 0 Å². The van der Waals surface area contributed by atoms with Crippen LogP contribution in [0, 0.1) is 0 Å². The monoisotopic (exact) mass is 181 g/mol. The van der Waals surface area contributed by atoms with Gasteiger partial charge in [0.2, 0.25) is 0 Å². The number of aliphatic hydroxyl groups excluding tert-OH is 1. The van der Waals surface area contributed by atoms with E-state index in [4.69, 9.17) is 11.6 Å². The molecular formula is C9H8ClNO. The van der Waals surface area contributed by atoms with Crippen LogP contribution in [0.5, 0.6) is 0 Å². The minimum Gasteiger partial charge on any atom is -0.370 e. The van der Waals surface area contributed by atoms with Crippen molar-refractivity contribution in [1.29, 1.82) is 0 Å². The summed E-state index contributed by atoms with van der Waals surface area (Å²) in [5.41, 5.74) is 1.92. The van der Waals surface area contributed by atoms with Crippen molar-refractivity contribution < 1.29 is 5.11 Å². The van der Waals surface area contributed by atoms with E-state index >= 15 is 0 Å². The van der Waals surface area contributed by atoms with Gasteiger partial charge in [0.25, 0.3) is 0 Å². The van der Waals surface area contributed by atoms with Gasteiger partial charge in [0.05, 0.1) is 0 Å². The molecule has 0 radical (unpaired) electrons. The summed E-state index contributed by atoms with van der Waals surface area (Å²) in [6.07, 6.45) is 2.96. The van der Waals surface area contributed by atoms with Gasteiger partial charge in [-0.3, -0.25) is 0 Å². The molecule has 1 aromatic rings. The van der Waals surface area contributed by atoms with Crippen LogP contribution in [0.3, 0.4) is 0 Å². The Bertz CT molecular complexity index is 335. The van der Waals surface area contributed by atoms with E-state index in [2.05, 4.69) is 5.32 Å². The first-order chi connectivity index (χ1) is 5.75. The second-order valence-electron chi connectivity index (χ2n) is 2.68. The molecule has 0 aromatic heterocycles. The Morgan fingerprint density at radius 1 is 1.42 bits per heavy atom. The molecule has 1 aromatic carbocycles. The van der Waals surface area contributed by atoms with E-state index < -0.39 is 6.23 Å². The SMILES string of the molecule is OC1C=Cc2ccc(Cl)cc2N1. The largest absolute Gasteiger partial charge is 0.370 e. The van der Waals surface area contributed by atoms with Crippen molar-refractivity contribution in [1.82, 2.24) is 0 Å². The van der Waals surface area contributed by atoms with Crippen molar-refractivity contribution in [2.24, 2.45) is 0 Å². The Morgan fingerprint density at radius 3 is 3.08 bits per heavy atom. The van der Waals surface area contributed by atoms with Gasteiger partial charge in [-0.1, -0.05) is 23.7 Å². The zero-order chi connectivity index (χ0) is 8.55. The van der Waals surface area contributed by atoms with Gasteiger partial charge in [0.15, 0.2) is 0 Å². The summed E-state index contributed by atoms with van der Waals surface area (Å²) in [6.45, 7) is 0. The van der Waals surface area contributed by atoms with Crippen molar-refractivity contribution in [2.45, 2.75) is 6.23 Å². The quantitative estimate of drug-likeness (QED) is 0.643. The molecule has 1 heterocycles. The van der Waals surface area contributed by atoms with E-state index in [1.54, 1.807) is 12.1 Å². The topological polar surface area (TPSA) is 32.3 Å². The van der Waals surface area contributed by atoms with Crippen LogP contribution in [0.1, 0.15) is 5.56 Å². The van der Waals surface area contributed by atoms with Gasteiger partial charge in [-0.25, -0.2) is 0 Å². The zero-order valence-corrected chi connectivity index (χ0v) is 7.05. The minimum absolute atomic E-state index is 0.601. The van der Waals surface area contributed by atoms with Crippen LogP contribution in [0.2, 0.25) is 5.02 Å². The lowest BCUT2D eigenvalue weighted by Gasteiger charge is -2.17. The molecule has 3 heteroatoms. The summed E-state index contributed by atoms with van der Waals surface area (Å²) in [4.78, 5) is 0. The summed E-state index contributed by atoms with van der Waals surface area (Å²) in [7, 11) is 0. The first-order valence-corrected chi connectivity index (χ1v) is 4.06. The van der Waals surface area contributed by atoms with Crippen molar-refractivity contribution in [3.8, 4) is 0 Å². The fourth-order valence-electron chi connectivity index (χ4n) is 1.20. The van der Waals surface area contributed by atoms with E-state index in [-0.39, 0.29) is 0 Å². The molecule has 0 bridgehead atoms. The standard InChI is InChI=1S/C9H8ClNO/c10-7-3-1-6-2-4-9(12)11-8(6)5-7/h1-5,9,11-12H. The molecule has 0 fully saturated rings. The summed E-state index contributed by atoms with van der Waals surface area (Å²) in [5, 5.41) is 12.8. The summed E-state index contributed by atoms with van der Waals surface area (Å²) in [5.74, 6) is 0. The van der Waals surface area contributed by atoms with Gasteiger partial charge in [0, 0.05) is 10.7 Å². The lowest BCUT2D eigenvalue weighted by atomic mass is 10.1. The molecule has 2 N–H and O–H groups in total. The molecule has 0 saturated heterocycles. The average molecular weight is 182 g/mol. The van der Waals surface area contributed by atoms with Gasteiger partial charge in [-0.15, -0.1) is 0 Å². The predicted octanol–water partition coefficient (Wildman–Crippen LogP) is 2.10. The van der Waals surface area contributed by atoms with Gasteiger partial charge < -0.3 is 10.4 Å². The second kappa shape index (κ2) is 2.81. The average Bonchev–Trinajstić information content (AvgIpc) is 2.03. The number of nitrogens with one attached hydrogen (secondary N) is 1. The van der Waals surface area contributed by atoms with Crippen molar-refractivity contribution in [3.63, 3.8) is 0 Å². The smallest absolute Gasteiger partial charge is 0.144 e. The fraction of sp³-hybridized carbons (Fsp3) is 0.111. The van der Waals surface area contributed by atoms with Crippen LogP contribution in [0.4, 0.5) is 5.69 Å². The number of fused-ring (bicyclic) bond motifs is 1. The molecule has 1 aliphatic rings. The third kappa shape index (κ3) is 1.31. The van der Waals surface area contributed by atoms with Crippen LogP contribution < -0.4 is 5.32 Å². The summed E-state index contributed by atoms with van der Waals surface area (Å²) >= 11 is 5.78. The third-order valence-corrected chi connectivity index (χ3v) is 2.01. The third-order valence-electron chi connectivity index (χ3n) is 1.78. The first-order valence-electron chi connectivity index (χ1n) is 3.68. The van der Waals surface area contributed by atoms with Crippen molar-refractivity contribution in [2.75, 3.05) is 5.32 Å². The van der Waals surface area contributed by atoms with E-state index in [9.17, 15) is 5.11 Å². The molecule has 2 nitrogen and oxygen atoms in total. The molecule has 0 amide bonds. The summed E-state index contributed by atoms with van der Waals surface area (Å²) < 4.78 is 0. The van der Waals surface area contributed by atoms with Crippen LogP contribution in [-0.2, 0) is 0 Å². The molecular weight excluding hydrogens is 174 g/mol. The fourth-order valence-corrected chi connectivity index (χ4v) is 1.37. The Hall–Kier alpha value is -0.990. The van der Waals surface area contributed by atoms with Crippen LogP contribution in [0.25, 0.3) is 6.08 Å². The molecule has 0 aliphatic carbocycles. The maximum Gasteiger partial charge on any atom is 0.144 e. The van der Waals surface area contributed by atoms with Crippen molar-refractivity contribution in [3.05, 3.63) is 34.9 Å². The summed E-state index contributed by atoms with van der Waals surface area (Å²) in [6, 6.07) is 5.53. The normalized spacial score (nSPS) is 20.0. The molecule has 1 aliphatic heterocycles. The molecule has 1 unspecified atom stereocenters. The van der Waals surface area contributed by atoms with Crippen LogP contribution in [0.15, 0.2) is 24.3 Å². The van der Waals surface area contributed by atoms with E-state index in [0.29, 0.717) is 5.02 Å². The Labute approximate surface area is 75.5 Å². The minimum atomic E-state index is -0.601. The highest BCUT2D eigenvalue weighted by Gasteiger charge is 2.08. The number of aliphatic hydroxyl groups is 1. The molecule has 0 spiro atoms. The highest BCUT2D eigenvalue weighted by molar-refractivity contribution is 6.30. The van der Waals surface area contributed by atoms with Gasteiger partial charge in [-0.2, -0.15) is 0 Å². The van der Waals surface area contributed by atoms with E-state index in [1.165, 1.54) is 0 Å². The van der Waals surface area contributed by atoms with E-state index in [0.717, 1.165) is 11.3 Å². The van der Waals surface area contributed by atoms with E-state index in [1.807, 2.05) is 18.2 Å². The molecule has 12 heavy (non-hydrogen) atoms. The number of benzene rings is 1. The second-order valence-corrected chi connectivity index (χ2v) is 3.12. The lowest BCUT2D eigenvalue weighted by molar-refractivity contribution is 0.252. The number of hydrogen-bond donors (Lipinski definition) is 2. The van der Waals surface area contributed by atoms with Crippen LogP contribution >= 0.6 is 11.6 Å². The van der Waals surface area contributed by atoms with Gasteiger partial charge in [-0.05, 0) is 23.8 Å². The number of rotatable bonds is 0. The molecule has 0 saturated carbocycles.